The summed E-state index contributed by atoms with van der Waals surface area (Å²) >= 11 is 0. The van der Waals surface area contributed by atoms with Crippen molar-refractivity contribution >= 4 is 5.69 Å². The molecule has 0 bridgehead atoms. The molecule has 0 spiro atoms. The Morgan fingerprint density at radius 3 is 2.27 bits per heavy atom. The van der Waals surface area contributed by atoms with Crippen molar-refractivity contribution in [2.45, 2.75) is 44.3 Å². The Balaban J connectivity index is 1.51. The van der Waals surface area contributed by atoms with Crippen molar-refractivity contribution in [2.24, 2.45) is 5.92 Å². The summed E-state index contributed by atoms with van der Waals surface area (Å²) in [6.07, 6.45) is 0.903. The van der Waals surface area contributed by atoms with E-state index < -0.39 is 17.6 Å². The van der Waals surface area contributed by atoms with Gasteiger partial charge in [0.1, 0.15) is 5.82 Å². The maximum Gasteiger partial charge on any atom is 0.416 e. The minimum atomic E-state index is -4.46. The van der Waals surface area contributed by atoms with Gasteiger partial charge >= 0.3 is 6.18 Å². The lowest BCUT2D eigenvalue weighted by molar-refractivity contribution is -0.137. The highest BCUT2D eigenvalue weighted by Gasteiger charge is 2.32. The Morgan fingerprint density at radius 1 is 1.00 bits per heavy atom. The van der Waals surface area contributed by atoms with Gasteiger partial charge in [0.15, 0.2) is 0 Å². The van der Waals surface area contributed by atoms with E-state index in [0.717, 1.165) is 69.9 Å². The second-order valence-electron chi connectivity index (χ2n) is 7.50. The second kappa shape index (κ2) is 8.13. The number of halogens is 4. The number of anilines is 1. The van der Waals surface area contributed by atoms with Gasteiger partial charge in [0.2, 0.25) is 0 Å². The maximum atomic E-state index is 14.0. The van der Waals surface area contributed by atoms with Crippen LogP contribution in [0, 0.1) is 11.7 Å². The van der Waals surface area contributed by atoms with E-state index in [-0.39, 0.29) is 11.7 Å². The highest BCUT2D eigenvalue weighted by atomic mass is 19.4. The molecule has 1 heterocycles. The molecule has 1 N–H and O–H groups in total. The molecule has 146 valence electrons. The number of nitrogens with one attached hydrogen (secondary N) is 1. The second-order valence-corrected chi connectivity index (χ2v) is 7.50. The van der Waals surface area contributed by atoms with Crippen molar-refractivity contribution < 1.29 is 17.6 Å². The molecule has 3 nitrogen and oxygen atoms in total. The lowest BCUT2D eigenvalue weighted by atomic mass is 9.84. The molecule has 1 aromatic carbocycles. The zero-order valence-electron chi connectivity index (χ0n) is 14.9. The van der Waals surface area contributed by atoms with Crippen molar-refractivity contribution in [2.75, 3.05) is 37.6 Å². The Morgan fingerprint density at radius 2 is 1.65 bits per heavy atom. The minimum Gasteiger partial charge on any atom is -0.675 e. The fourth-order valence-corrected chi connectivity index (χ4v) is 3.96. The fourth-order valence-electron chi connectivity index (χ4n) is 3.96. The highest BCUT2D eigenvalue weighted by molar-refractivity contribution is 5.51. The van der Waals surface area contributed by atoms with E-state index in [1.54, 1.807) is 4.90 Å². The molecule has 1 saturated carbocycles. The highest BCUT2D eigenvalue weighted by Crippen LogP contribution is 2.33. The van der Waals surface area contributed by atoms with Gasteiger partial charge in [-0.05, 0) is 37.1 Å². The third-order valence-electron chi connectivity index (χ3n) is 5.69. The minimum absolute atomic E-state index is 0.0493. The molecule has 1 aliphatic heterocycles. The molecule has 0 aromatic heterocycles. The topological polar surface area (TPSA) is 30.3 Å². The van der Waals surface area contributed by atoms with Crippen molar-refractivity contribution in [3.05, 3.63) is 35.3 Å². The van der Waals surface area contributed by atoms with Crippen LogP contribution in [-0.4, -0.2) is 43.7 Å². The maximum absolute atomic E-state index is 14.0. The number of benzene rings is 1. The number of hydrogen-bond donors (Lipinski definition) is 0. The molecule has 7 heteroatoms. The largest absolute Gasteiger partial charge is 0.675 e. The van der Waals surface area contributed by atoms with E-state index >= 15 is 0 Å². The molecule has 1 aromatic rings. The molecule has 2 fully saturated rings. The summed E-state index contributed by atoms with van der Waals surface area (Å²) in [6.45, 7) is 3.54. The fraction of sp³-hybridized carbons (Fsp3) is 0.684. The zero-order chi connectivity index (χ0) is 18.7. The molecular weight excluding hydrogens is 346 g/mol. The molecule has 0 amide bonds. The van der Waals surface area contributed by atoms with Crippen LogP contribution in [0.25, 0.3) is 5.73 Å². The molecule has 0 unspecified atom stereocenters. The first-order valence-corrected chi connectivity index (χ1v) is 9.38. The summed E-state index contributed by atoms with van der Waals surface area (Å²) < 4.78 is 52.6. The van der Waals surface area contributed by atoms with Crippen LogP contribution in [0.15, 0.2) is 18.2 Å². The average Bonchev–Trinajstić information content (AvgIpc) is 2.61. The lowest BCUT2D eigenvalue weighted by Gasteiger charge is -2.38. The van der Waals surface area contributed by atoms with E-state index in [1.807, 2.05) is 0 Å². The lowest BCUT2D eigenvalue weighted by Crippen LogP contribution is -2.47. The van der Waals surface area contributed by atoms with Gasteiger partial charge in [0, 0.05) is 26.2 Å². The van der Waals surface area contributed by atoms with Crippen LogP contribution in [0.3, 0.4) is 0 Å². The summed E-state index contributed by atoms with van der Waals surface area (Å²) in [5.74, 6) is 0.0918. The normalized spacial score (nSPS) is 25.5. The van der Waals surface area contributed by atoms with E-state index in [4.69, 9.17) is 5.73 Å². The van der Waals surface area contributed by atoms with Gasteiger partial charge in [-0.1, -0.05) is 25.7 Å². The van der Waals surface area contributed by atoms with Crippen molar-refractivity contribution in [3.63, 3.8) is 0 Å². The van der Waals surface area contributed by atoms with Crippen molar-refractivity contribution in [3.8, 4) is 0 Å². The number of rotatable bonds is 4. The summed E-state index contributed by atoms with van der Waals surface area (Å²) in [4.78, 5) is 4.03. The van der Waals surface area contributed by atoms with E-state index in [9.17, 15) is 17.6 Å². The molecule has 26 heavy (non-hydrogen) atoms. The smallest absolute Gasteiger partial charge is 0.416 e. The third-order valence-corrected chi connectivity index (χ3v) is 5.69. The van der Waals surface area contributed by atoms with Gasteiger partial charge in [-0.25, -0.2) is 4.39 Å². The summed E-state index contributed by atoms with van der Waals surface area (Å²) in [5, 5.41) is 0. The Labute approximate surface area is 152 Å². The van der Waals surface area contributed by atoms with Gasteiger partial charge < -0.3 is 10.6 Å². The average molecular weight is 372 g/mol. The van der Waals surface area contributed by atoms with E-state index in [2.05, 4.69) is 4.90 Å². The Hall–Kier alpha value is -1.34. The van der Waals surface area contributed by atoms with Crippen LogP contribution in [0.4, 0.5) is 23.2 Å². The summed E-state index contributed by atoms with van der Waals surface area (Å²) in [5.41, 5.74) is 6.99. The van der Waals surface area contributed by atoms with Crippen LogP contribution >= 0.6 is 0 Å². The van der Waals surface area contributed by atoms with Gasteiger partial charge in [0.05, 0.1) is 11.3 Å². The Bertz CT molecular complexity index is 589. The van der Waals surface area contributed by atoms with Crippen LogP contribution in [-0.2, 0) is 6.18 Å². The predicted octanol–water partition coefficient (Wildman–Crippen LogP) is 4.97. The summed E-state index contributed by atoms with van der Waals surface area (Å²) in [6, 6.07) is 2.73. The van der Waals surface area contributed by atoms with Gasteiger partial charge in [-0.15, -0.1) is 6.04 Å². The number of piperazine rings is 1. The first-order chi connectivity index (χ1) is 12.3. The molecule has 0 radical (unpaired) electrons. The number of nitrogens with zero attached hydrogens (tertiary/aromatic N) is 2. The van der Waals surface area contributed by atoms with Crippen molar-refractivity contribution in [1.29, 1.82) is 0 Å². The SMILES string of the molecule is [NH-]C1CCC(CCN2CCN(c3cc(C(F)(F)F)ccc3F)CC2)CC1. The standard InChI is InChI=1S/C19H26F4N3/c20-17-6-3-15(19(21,22)23)13-18(17)26-11-9-25(10-12-26)8-7-14-1-4-16(24)5-2-14/h3,6,13-14,16,24H,1-2,4-5,7-12H2/q-1. The monoisotopic (exact) mass is 372 g/mol. The van der Waals surface area contributed by atoms with Gasteiger partial charge in [-0.3, -0.25) is 4.90 Å². The Kier molecular flexibility index (Phi) is 6.07. The third kappa shape index (κ3) is 4.88. The van der Waals surface area contributed by atoms with Crippen LogP contribution in [0.1, 0.15) is 37.7 Å². The predicted molar refractivity (Wildman–Crippen MR) is 94.7 cm³/mol. The first-order valence-electron chi connectivity index (χ1n) is 9.38. The molecule has 1 aliphatic carbocycles. The van der Waals surface area contributed by atoms with Crippen molar-refractivity contribution in [1.82, 2.24) is 4.90 Å². The molecule has 0 atom stereocenters. The molecule has 3 rings (SSSR count). The molecule has 1 saturated heterocycles. The molecular formula is C19H26F4N3-. The quantitative estimate of drug-likeness (QED) is 0.699. The van der Waals surface area contributed by atoms with E-state index in [1.165, 1.54) is 0 Å². The number of alkyl halides is 3. The van der Waals surface area contributed by atoms with Crippen LogP contribution < -0.4 is 4.90 Å². The zero-order valence-corrected chi connectivity index (χ0v) is 14.9. The van der Waals surface area contributed by atoms with E-state index in [0.29, 0.717) is 19.0 Å². The van der Waals surface area contributed by atoms with Crippen LogP contribution in [0.2, 0.25) is 0 Å². The van der Waals surface area contributed by atoms with Crippen LogP contribution in [0.5, 0.6) is 0 Å². The molecule has 2 aliphatic rings. The first kappa shape index (κ1) is 19.4. The number of hydrogen-bond acceptors (Lipinski definition) is 2. The van der Waals surface area contributed by atoms with Gasteiger partial charge in [0.25, 0.3) is 0 Å². The summed E-state index contributed by atoms with van der Waals surface area (Å²) in [7, 11) is 0. The van der Waals surface area contributed by atoms with Gasteiger partial charge in [-0.2, -0.15) is 13.2 Å².